The normalized spacial score (nSPS) is 24.6. The minimum absolute atomic E-state index is 0.0763. The van der Waals surface area contributed by atoms with Crippen LogP contribution in [0.5, 0.6) is 0 Å². The van der Waals surface area contributed by atoms with Gasteiger partial charge in [-0.15, -0.1) is 0 Å². The van der Waals surface area contributed by atoms with Crippen LogP contribution in [0.4, 0.5) is 0 Å². The van der Waals surface area contributed by atoms with Crippen molar-refractivity contribution in [3.05, 3.63) is 24.0 Å². The van der Waals surface area contributed by atoms with E-state index in [-0.39, 0.29) is 24.0 Å². The van der Waals surface area contributed by atoms with Gasteiger partial charge in [0.25, 0.3) is 5.91 Å². The molecule has 1 aromatic rings. The van der Waals surface area contributed by atoms with Crippen LogP contribution in [0.2, 0.25) is 0 Å². The van der Waals surface area contributed by atoms with Gasteiger partial charge in [-0.3, -0.25) is 4.79 Å². The maximum atomic E-state index is 12.5. The van der Waals surface area contributed by atoms with E-state index in [0.29, 0.717) is 19.5 Å². The lowest BCUT2D eigenvalue weighted by Gasteiger charge is -2.34. The number of piperidine rings is 1. The van der Waals surface area contributed by atoms with Crippen LogP contribution >= 0.6 is 0 Å². The van der Waals surface area contributed by atoms with Crippen molar-refractivity contribution in [3.8, 4) is 0 Å². The van der Waals surface area contributed by atoms with Crippen molar-refractivity contribution in [3.63, 3.8) is 0 Å². The molecule has 2 heterocycles. The van der Waals surface area contributed by atoms with Gasteiger partial charge in [0.1, 0.15) is 5.69 Å². The number of hydrogen-bond donors (Lipinski definition) is 1. The Labute approximate surface area is 108 Å². The summed E-state index contributed by atoms with van der Waals surface area (Å²) in [5.41, 5.74) is 0.744. The second-order valence-electron chi connectivity index (χ2n) is 5.48. The molecule has 4 heteroatoms. The Bertz CT molecular complexity index is 425. The number of rotatable bonds is 2. The molecule has 0 aromatic carbocycles. The first kappa shape index (κ1) is 13.1. The van der Waals surface area contributed by atoms with Crippen LogP contribution in [0.1, 0.15) is 43.7 Å². The minimum atomic E-state index is -0.272. The predicted molar refractivity (Wildman–Crippen MR) is 70.5 cm³/mol. The zero-order valence-corrected chi connectivity index (χ0v) is 11.3. The quantitative estimate of drug-likeness (QED) is 0.871. The van der Waals surface area contributed by atoms with Gasteiger partial charge in [0.15, 0.2) is 0 Å². The Morgan fingerprint density at radius 2 is 2.22 bits per heavy atom. The summed E-state index contributed by atoms with van der Waals surface area (Å²) >= 11 is 0. The van der Waals surface area contributed by atoms with Crippen molar-refractivity contribution in [2.45, 2.75) is 39.3 Å². The number of aliphatic hydroxyl groups is 1. The first-order valence-electron chi connectivity index (χ1n) is 6.65. The van der Waals surface area contributed by atoms with Gasteiger partial charge in [-0.05, 0) is 38.3 Å². The van der Waals surface area contributed by atoms with Gasteiger partial charge < -0.3 is 14.6 Å². The lowest BCUT2D eigenvalue weighted by molar-refractivity contribution is 0.0290. The number of carbonyl (C=O) groups excluding carboxylic acids is 1. The lowest BCUT2D eigenvalue weighted by Crippen LogP contribution is -2.45. The number of aromatic nitrogens is 1. The van der Waals surface area contributed by atoms with E-state index in [1.807, 2.05) is 34.7 Å². The van der Waals surface area contributed by atoms with Gasteiger partial charge in [0, 0.05) is 25.3 Å². The molecule has 1 aromatic heterocycles. The number of amides is 1. The number of carbonyl (C=O) groups is 1. The highest BCUT2D eigenvalue weighted by Gasteiger charge is 2.28. The lowest BCUT2D eigenvalue weighted by atomic mass is 9.96. The number of hydrogen-bond acceptors (Lipinski definition) is 2. The Balaban J connectivity index is 2.14. The van der Waals surface area contributed by atoms with E-state index in [9.17, 15) is 9.90 Å². The molecule has 1 aliphatic rings. The average molecular weight is 250 g/mol. The molecule has 100 valence electrons. The zero-order chi connectivity index (χ0) is 13.3. The van der Waals surface area contributed by atoms with Crippen molar-refractivity contribution in [1.82, 2.24) is 9.47 Å². The standard InChI is InChI=1S/C14H22N2O2/c1-10(2)16-7-4-5-12(16)14(18)15-8-6-13(17)11(3)9-15/h4-5,7,10-11,13,17H,6,8-9H2,1-3H3. The third-order valence-electron chi connectivity index (χ3n) is 3.70. The van der Waals surface area contributed by atoms with E-state index in [4.69, 9.17) is 0 Å². The van der Waals surface area contributed by atoms with Crippen LogP contribution in [0.25, 0.3) is 0 Å². The third kappa shape index (κ3) is 2.43. The first-order chi connectivity index (χ1) is 8.50. The van der Waals surface area contributed by atoms with Crippen LogP contribution in [0.3, 0.4) is 0 Å². The highest BCUT2D eigenvalue weighted by Crippen LogP contribution is 2.20. The molecule has 0 radical (unpaired) electrons. The smallest absolute Gasteiger partial charge is 0.270 e. The molecule has 1 saturated heterocycles. The van der Waals surface area contributed by atoms with Crippen molar-refractivity contribution >= 4 is 5.91 Å². The molecule has 2 rings (SSSR count). The summed E-state index contributed by atoms with van der Waals surface area (Å²) in [4.78, 5) is 14.3. The summed E-state index contributed by atoms with van der Waals surface area (Å²) in [5, 5.41) is 9.71. The fraction of sp³-hybridized carbons (Fsp3) is 0.643. The largest absolute Gasteiger partial charge is 0.393 e. The maximum absolute atomic E-state index is 12.5. The molecule has 0 saturated carbocycles. The fourth-order valence-corrected chi connectivity index (χ4v) is 2.50. The van der Waals surface area contributed by atoms with Crippen LogP contribution in [-0.2, 0) is 0 Å². The summed E-state index contributed by atoms with van der Waals surface area (Å²) in [7, 11) is 0. The van der Waals surface area contributed by atoms with Crippen LogP contribution in [0, 0.1) is 5.92 Å². The van der Waals surface area contributed by atoms with Gasteiger partial charge in [-0.1, -0.05) is 6.92 Å². The van der Waals surface area contributed by atoms with Gasteiger partial charge in [0.05, 0.1) is 6.10 Å². The van der Waals surface area contributed by atoms with Gasteiger partial charge in [0.2, 0.25) is 0 Å². The molecule has 1 N–H and O–H groups in total. The molecule has 1 fully saturated rings. The first-order valence-corrected chi connectivity index (χ1v) is 6.65. The van der Waals surface area contributed by atoms with E-state index >= 15 is 0 Å². The number of nitrogens with zero attached hydrogens (tertiary/aromatic N) is 2. The highest BCUT2D eigenvalue weighted by molar-refractivity contribution is 5.92. The molecule has 0 bridgehead atoms. The van der Waals surface area contributed by atoms with Crippen molar-refractivity contribution < 1.29 is 9.90 Å². The Morgan fingerprint density at radius 3 is 2.83 bits per heavy atom. The highest BCUT2D eigenvalue weighted by atomic mass is 16.3. The Morgan fingerprint density at radius 1 is 1.50 bits per heavy atom. The summed E-state index contributed by atoms with van der Waals surface area (Å²) in [5.74, 6) is 0.234. The maximum Gasteiger partial charge on any atom is 0.270 e. The Hall–Kier alpha value is -1.29. The molecule has 18 heavy (non-hydrogen) atoms. The minimum Gasteiger partial charge on any atom is -0.393 e. The molecule has 0 spiro atoms. The van der Waals surface area contributed by atoms with Crippen LogP contribution < -0.4 is 0 Å². The average Bonchev–Trinajstić information content (AvgIpc) is 2.81. The molecule has 2 unspecified atom stereocenters. The summed E-state index contributed by atoms with van der Waals surface area (Å²) in [6, 6.07) is 4.07. The second kappa shape index (κ2) is 5.14. The molecule has 4 nitrogen and oxygen atoms in total. The van der Waals surface area contributed by atoms with E-state index in [0.717, 1.165) is 5.69 Å². The van der Waals surface area contributed by atoms with E-state index in [1.165, 1.54) is 0 Å². The van der Waals surface area contributed by atoms with Crippen LogP contribution in [-0.4, -0.2) is 39.7 Å². The van der Waals surface area contributed by atoms with E-state index < -0.39 is 0 Å². The molecule has 1 aliphatic heterocycles. The summed E-state index contributed by atoms with van der Waals surface area (Å²) in [6.45, 7) is 7.42. The SMILES string of the molecule is CC1CN(C(=O)c2cccn2C(C)C)CCC1O. The summed E-state index contributed by atoms with van der Waals surface area (Å²) in [6.07, 6.45) is 2.35. The third-order valence-corrected chi connectivity index (χ3v) is 3.70. The molecular weight excluding hydrogens is 228 g/mol. The molecule has 0 aliphatic carbocycles. The monoisotopic (exact) mass is 250 g/mol. The second-order valence-corrected chi connectivity index (χ2v) is 5.48. The zero-order valence-electron chi connectivity index (χ0n) is 11.3. The number of likely N-dealkylation sites (tertiary alicyclic amines) is 1. The molecule has 2 atom stereocenters. The van der Waals surface area contributed by atoms with Gasteiger partial charge in [-0.25, -0.2) is 0 Å². The number of aliphatic hydroxyl groups excluding tert-OH is 1. The predicted octanol–water partition coefficient (Wildman–Crippen LogP) is 1.91. The fourth-order valence-electron chi connectivity index (χ4n) is 2.50. The van der Waals surface area contributed by atoms with Gasteiger partial charge >= 0.3 is 0 Å². The summed E-state index contributed by atoms with van der Waals surface area (Å²) < 4.78 is 2.00. The Kier molecular flexibility index (Phi) is 3.76. The van der Waals surface area contributed by atoms with Crippen LogP contribution in [0.15, 0.2) is 18.3 Å². The topological polar surface area (TPSA) is 45.5 Å². The molecule has 1 amide bonds. The van der Waals surface area contributed by atoms with Crippen molar-refractivity contribution in [2.24, 2.45) is 5.92 Å². The van der Waals surface area contributed by atoms with E-state index in [1.54, 1.807) is 0 Å². The van der Waals surface area contributed by atoms with Crippen molar-refractivity contribution in [1.29, 1.82) is 0 Å². The van der Waals surface area contributed by atoms with Gasteiger partial charge in [-0.2, -0.15) is 0 Å². The molecular formula is C14H22N2O2. The van der Waals surface area contributed by atoms with E-state index in [2.05, 4.69) is 13.8 Å². The van der Waals surface area contributed by atoms with Crippen molar-refractivity contribution in [2.75, 3.05) is 13.1 Å².